The third-order valence-corrected chi connectivity index (χ3v) is 4.70. The van der Waals surface area contributed by atoms with Gasteiger partial charge in [-0.05, 0) is 24.3 Å². The molecule has 1 fully saturated rings. The lowest BCUT2D eigenvalue weighted by atomic mass is 10.2. The second-order valence-corrected chi connectivity index (χ2v) is 6.42. The van der Waals surface area contributed by atoms with Crippen LogP contribution in [0.1, 0.15) is 0 Å². The molecular weight excluding hydrogens is 367 g/mol. The second kappa shape index (κ2) is 7.22. The van der Waals surface area contributed by atoms with Gasteiger partial charge in [0.05, 0.1) is 11.0 Å². The van der Waals surface area contributed by atoms with Crippen molar-refractivity contribution in [1.82, 2.24) is 24.4 Å². The van der Waals surface area contributed by atoms with Gasteiger partial charge in [0.2, 0.25) is 11.9 Å². The van der Waals surface area contributed by atoms with Gasteiger partial charge in [-0.2, -0.15) is 0 Å². The zero-order chi connectivity index (χ0) is 19.7. The van der Waals surface area contributed by atoms with Gasteiger partial charge in [-0.1, -0.05) is 0 Å². The normalized spacial score (nSPS) is 14.5. The van der Waals surface area contributed by atoms with E-state index < -0.39 is 16.9 Å². The van der Waals surface area contributed by atoms with Gasteiger partial charge in [0.15, 0.2) is 0 Å². The number of nitrogens with zero attached hydrogens (tertiary/aromatic N) is 5. The van der Waals surface area contributed by atoms with Gasteiger partial charge in [0.25, 0.3) is 0 Å². The molecule has 10 heteroatoms. The molecule has 4 rings (SSSR count). The van der Waals surface area contributed by atoms with Crippen LogP contribution in [0.3, 0.4) is 0 Å². The summed E-state index contributed by atoms with van der Waals surface area (Å²) in [5, 5.41) is 0. The lowest BCUT2D eigenvalue weighted by Crippen LogP contribution is -2.51. The fraction of sp³-hybridized carbons (Fsp3) is 0.278. The van der Waals surface area contributed by atoms with Crippen LogP contribution in [0.25, 0.3) is 11.0 Å². The van der Waals surface area contributed by atoms with Crippen LogP contribution < -0.4 is 16.0 Å². The highest BCUT2D eigenvalue weighted by molar-refractivity contribution is 5.80. The number of rotatable bonds is 3. The van der Waals surface area contributed by atoms with Crippen LogP contribution >= 0.6 is 0 Å². The molecule has 1 aliphatic rings. The summed E-state index contributed by atoms with van der Waals surface area (Å²) in [5.74, 6) is -0.223. The van der Waals surface area contributed by atoms with Crippen molar-refractivity contribution in [2.24, 2.45) is 0 Å². The number of piperazine rings is 1. The number of anilines is 1. The van der Waals surface area contributed by atoms with E-state index in [1.54, 1.807) is 23.4 Å². The van der Waals surface area contributed by atoms with Gasteiger partial charge in [0, 0.05) is 38.6 Å². The lowest BCUT2D eigenvalue weighted by Gasteiger charge is -2.34. The number of aromatic amines is 1. The molecule has 1 aromatic carbocycles. The lowest BCUT2D eigenvalue weighted by molar-refractivity contribution is -0.132. The number of aromatic nitrogens is 4. The molecule has 0 radical (unpaired) electrons. The maximum absolute atomic E-state index is 13.4. The van der Waals surface area contributed by atoms with Crippen molar-refractivity contribution >= 4 is 22.9 Å². The molecule has 1 saturated heterocycles. The predicted octanol–water partition coefficient (Wildman–Crippen LogP) is -0.0323. The highest BCUT2D eigenvalue weighted by Gasteiger charge is 2.23. The van der Waals surface area contributed by atoms with E-state index in [9.17, 15) is 18.8 Å². The van der Waals surface area contributed by atoms with E-state index in [2.05, 4.69) is 15.0 Å². The minimum absolute atomic E-state index is 0.170. The first kappa shape index (κ1) is 17.8. The molecule has 3 heterocycles. The molecule has 3 aromatic rings. The van der Waals surface area contributed by atoms with Crippen LogP contribution in [0.15, 0.2) is 46.2 Å². The number of benzene rings is 1. The Morgan fingerprint density at radius 2 is 1.82 bits per heavy atom. The molecular formula is C18H17FN6O3. The quantitative estimate of drug-likeness (QED) is 0.636. The van der Waals surface area contributed by atoms with Crippen LogP contribution in [0.4, 0.5) is 10.3 Å². The fourth-order valence-electron chi connectivity index (χ4n) is 3.25. The Balaban J connectivity index is 1.53. The fourth-order valence-corrected chi connectivity index (χ4v) is 3.25. The number of H-pyrrole nitrogens is 1. The smallest absolute Gasteiger partial charge is 0.317 e. The van der Waals surface area contributed by atoms with Crippen molar-refractivity contribution in [1.29, 1.82) is 0 Å². The molecule has 0 spiro atoms. The molecule has 0 atom stereocenters. The molecule has 0 saturated carbocycles. The maximum Gasteiger partial charge on any atom is 0.317 e. The van der Waals surface area contributed by atoms with Crippen LogP contribution in [0.5, 0.6) is 0 Å². The molecule has 2 aromatic heterocycles. The molecule has 1 aliphatic heterocycles. The van der Waals surface area contributed by atoms with E-state index in [1.165, 1.54) is 12.1 Å². The van der Waals surface area contributed by atoms with Crippen molar-refractivity contribution in [3.8, 4) is 0 Å². The summed E-state index contributed by atoms with van der Waals surface area (Å²) in [7, 11) is 0. The summed E-state index contributed by atoms with van der Waals surface area (Å²) in [5.41, 5.74) is -1.26. The maximum atomic E-state index is 13.4. The molecule has 1 amide bonds. The number of fused-ring (bicyclic) bond motifs is 1. The Kier molecular flexibility index (Phi) is 4.60. The van der Waals surface area contributed by atoms with Gasteiger partial charge in [-0.3, -0.25) is 19.0 Å². The molecule has 0 bridgehead atoms. The zero-order valence-electron chi connectivity index (χ0n) is 14.8. The molecule has 1 N–H and O–H groups in total. The Labute approximate surface area is 158 Å². The minimum Gasteiger partial charge on any atom is -0.338 e. The van der Waals surface area contributed by atoms with Crippen molar-refractivity contribution in [3.05, 3.63) is 63.2 Å². The summed E-state index contributed by atoms with van der Waals surface area (Å²) in [6, 6.07) is 5.41. The standard InChI is InChI=1S/C18H17FN6O3/c19-12-2-3-14-13(10-12)22-16(27)17(28)25(14)11-15(26)23-6-8-24(9-7-23)18-20-4-1-5-21-18/h1-5,10H,6-9,11H2,(H,22,27). The summed E-state index contributed by atoms with van der Waals surface area (Å²) in [6.45, 7) is 1.73. The van der Waals surface area contributed by atoms with Crippen molar-refractivity contribution < 1.29 is 9.18 Å². The molecule has 28 heavy (non-hydrogen) atoms. The van der Waals surface area contributed by atoms with Crippen LogP contribution in [0, 0.1) is 5.82 Å². The number of carbonyl (C=O) groups excluding carboxylic acids is 1. The molecule has 0 aliphatic carbocycles. The van der Waals surface area contributed by atoms with Crippen LogP contribution in [-0.2, 0) is 11.3 Å². The summed E-state index contributed by atoms with van der Waals surface area (Å²) in [6.07, 6.45) is 3.32. The third-order valence-electron chi connectivity index (χ3n) is 4.70. The van der Waals surface area contributed by atoms with Crippen molar-refractivity contribution in [3.63, 3.8) is 0 Å². The van der Waals surface area contributed by atoms with Crippen molar-refractivity contribution in [2.45, 2.75) is 6.54 Å². The largest absolute Gasteiger partial charge is 0.338 e. The summed E-state index contributed by atoms with van der Waals surface area (Å²) < 4.78 is 14.5. The average Bonchev–Trinajstić information content (AvgIpc) is 2.72. The van der Waals surface area contributed by atoms with E-state index in [0.29, 0.717) is 37.6 Å². The number of hydrogen-bond donors (Lipinski definition) is 1. The summed E-state index contributed by atoms with van der Waals surface area (Å²) in [4.78, 5) is 51.2. The van der Waals surface area contributed by atoms with Gasteiger partial charge in [-0.25, -0.2) is 14.4 Å². The summed E-state index contributed by atoms with van der Waals surface area (Å²) >= 11 is 0. The minimum atomic E-state index is -0.892. The Morgan fingerprint density at radius 1 is 1.11 bits per heavy atom. The first-order valence-corrected chi connectivity index (χ1v) is 8.75. The first-order chi connectivity index (χ1) is 13.5. The topological polar surface area (TPSA) is 104 Å². The van der Waals surface area contributed by atoms with E-state index in [1.807, 2.05) is 4.90 Å². The van der Waals surface area contributed by atoms with E-state index >= 15 is 0 Å². The number of hydrogen-bond acceptors (Lipinski definition) is 6. The zero-order valence-corrected chi connectivity index (χ0v) is 14.8. The molecule has 0 unspecified atom stereocenters. The monoisotopic (exact) mass is 384 g/mol. The van der Waals surface area contributed by atoms with E-state index in [4.69, 9.17) is 0 Å². The highest BCUT2D eigenvalue weighted by atomic mass is 19.1. The van der Waals surface area contributed by atoms with Crippen LogP contribution in [-0.4, -0.2) is 56.5 Å². The van der Waals surface area contributed by atoms with Gasteiger partial charge in [0.1, 0.15) is 12.4 Å². The van der Waals surface area contributed by atoms with Gasteiger partial charge >= 0.3 is 11.1 Å². The Hall–Kier alpha value is -3.56. The van der Waals surface area contributed by atoms with E-state index in [0.717, 1.165) is 10.6 Å². The predicted molar refractivity (Wildman–Crippen MR) is 99.6 cm³/mol. The SMILES string of the molecule is O=C(Cn1c(=O)c(=O)[nH]c2cc(F)ccc21)N1CCN(c2ncccn2)CC1. The highest BCUT2D eigenvalue weighted by Crippen LogP contribution is 2.13. The van der Waals surface area contributed by atoms with Crippen LogP contribution in [0.2, 0.25) is 0 Å². The van der Waals surface area contributed by atoms with Gasteiger partial charge in [-0.15, -0.1) is 0 Å². The number of amides is 1. The van der Waals surface area contributed by atoms with E-state index in [-0.39, 0.29) is 18.0 Å². The molecule has 9 nitrogen and oxygen atoms in total. The Morgan fingerprint density at radius 3 is 2.54 bits per heavy atom. The third kappa shape index (κ3) is 3.36. The molecule has 144 valence electrons. The number of carbonyl (C=O) groups is 1. The average molecular weight is 384 g/mol. The number of nitrogens with one attached hydrogen (secondary N) is 1. The van der Waals surface area contributed by atoms with Gasteiger partial charge < -0.3 is 14.8 Å². The van der Waals surface area contributed by atoms with Crippen molar-refractivity contribution in [2.75, 3.05) is 31.1 Å². The first-order valence-electron chi connectivity index (χ1n) is 8.75. The number of halogens is 1. The Bertz CT molecular complexity index is 1140. The second-order valence-electron chi connectivity index (χ2n) is 6.42.